The number of anilines is 2. The molecule has 1 aromatic carbocycles. The van der Waals surface area contributed by atoms with Crippen LogP contribution >= 0.6 is 11.3 Å². The van der Waals surface area contributed by atoms with Crippen LogP contribution in [0.1, 0.15) is 28.3 Å². The minimum atomic E-state index is -0.563. The number of benzene rings is 1. The number of carbonyl (C=O) groups is 2. The van der Waals surface area contributed by atoms with Gasteiger partial charge in [0.1, 0.15) is 0 Å². The predicted octanol–water partition coefficient (Wildman–Crippen LogP) is 2.76. The van der Waals surface area contributed by atoms with Gasteiger partial charge < -0.3 is 26.0 Å². The lowest BCUT2D eigenvalue weighted by Gasteiger charge is -2.13. The van der Waals surface area contributed by atoms with Crippen molar-refractivity contribution in [1.82, 2.24) is 25.5 Å². The zero-order valence-electron chi connectivity index (χ0n) is 17.5. The van der Waals surface area contributed by atoms with Crippen LogP contribution in [0.3, 0.4) is 0 Å². The first kappa shape index (κ1) is 21.7. The fourth-order valence-electron chi connectivity index (χ4n) is 3.28. The van der Waals surface area contributed by atoms with Crippen molar-refractivity contribution in [2.75, 3.05) is 31.5 Å². The van der Waals surface area contributed by atoms with Crippen LogP contribution in [0.2, 0.25) is 0 Å². The quantitative estimate of drug-likeness (QED) is 0.417. The SMILES string of the molecule is CC(O)c1cccc(Nc2nccc(-c3ccc(C(=O)NCCN4CCNC4=O)s3)n2)c1. The third-order valence-corrected chi connectivity index (χ3v) is 6.08. The summed E-state index contributed by atoms with van der Waals surface area (Å²) < 4.78 is 0. The molecule has 1 fully saturated rings. The van der Waals surface area contributed by atoms with Crippen LogP contribution in [0, 0.1) is 0 Å². The molecule has 3 amide bonds. The first-order valence-electron chi connectivity index (χ1n) is 10.3. The van der Waals surface area contributed by atoms with Gasteiger partial charge in [-0.05, 0) is 42.8 Å². The van der Waals surface area contributed by atoms with Gasteiger partial charge in [-0.1, -0.05) is 12.1 Å². The number of urea groups is 1. The highest BCUT2D eigenvalue weighted by Crippen LogP contribution is 2.28. The highest BCUT2D eigenvalue weighted by Gasteiger charge is 2.19. The van der Waals surface area contributed by atoms with Gasteiger partial charge in [-0.3, -0.25) is 4.79 Å². The summed E-state index contributed by atoms with van der Waals surface area (Å²) in [5, 5.41) is 18.5. The molecule has 0 saturated carbocycles. The zero-order chi connectivity index (χ0) is 22.5. The molecule has 2 aromatic heterocycles. The van der Waals surface area contributed by atoms with E-state index in [1.807, 2.05) is 30.3 Å². The Morgan fingerprint density at radius 2 is 2.19 bits per heavy atom. The molecule has 9 nitrogen and oxygen atoms in total. The van der Waals surface area contributed by atoms with Crippen molar-refractivity contribution < 1.29 is 14.7 Å². The maximum absolute atomic E-state index is 12.5. The van der Waals surface area contributed by atoms with Crippen molar-refractivity contribution in [3.8, 4) is 10.6 Å². The van der Waals surface area contributed by atoms with Crippen molar-refractivity contribution in [3.05, 3.63) is 59.1 Å². The Hall–Kier alpha value is -3.50. The Morgan fingerprint density at radius 1 is 1.31 bits per heavy atom. The van der Waals surface area contributed by atoms with E-state index in [4.69, 9.17) is 0 Å². The zero-order valence-corrected chi connectivity index (χ0v) is 18.4. The molecule has 4 N–H and O–H groups in total. The number of nitrogens with one attached hydrogen (secondary N) is 3. The van der Waals surface area contributed by atoms with Gasteiger partial charge in [0.25, 0.3) is 5.91 Å². The molecular weight excluding hydrogens is 428 g/mol. The molecule has 1 aliphatic heterocycles. The summed E-state index contributed by atoms with van der Waals surface area (Å²) in [4.78, 5) is 35.9. The van der Waals surface area contributed by atoms with E-state index in [-0.39, 0.29) is 11.9 Å². The molecule has 3 aromatic rings. The highest BCUT2D eigenvalue weighted by molar-refractivity contribution is 7.17. The minimum Gasteiger partial charge on any atom is -0.389 e. The molecule has 1 unspecified atom stereocenters. The predicted molar refractivity (Wildman–Crippen MR) is 123 cm³/mol. The number of nitrogens with zero attached hydrogens (tertiary/aromatic N) is 3. The van der Waals surface area contributed by atoms with E-state index in [9.17, 15) is 14.7 Å². The largest absolute Gasteiger partial charge is 0.389 e. The number of carbonyl (C=O) groups excluding carboxylic acids is 2. The number of aliphatic hydroxyl groups excluding tert-OH is 1. The second-order valence-corrected chi connectivity index (χ2v) is 8.41. The molecule has 0 radical (unpaired) electrons. The second-order valence-electron chi connectivity index (χ2n) is 7.33. The van der Waals surface area contributed by atoms with E-state index in [2.05, 4.69) is 25.9 Å². The van der Waals surface area contributed by atoms with Gasteiger partial charge in [0.15, 0.2) is 0 Å². The number of hydrogen-bond acceptors (Lipinski definition) is 7. The minimum absolute atomic E-state index is 0.0940. The molecule has 1 aliphatic rings. The maximum atomic E-state index is 12.5. The summed E-state index contributed by atoms with van der Waals surface area (Å²) in [5.41, 5.74) is 2.27. The lowest BCUT2D eigenvalue weighted by Crippen LogP contribution is -2.36. The normalized spacial score (nSPS) is 14.2. The fourth-order valence-corrected chi connectivity index (χ4v) is 4.17. The molecule has 32 heavy (non-hydrogen) atoms. The van der Waals surface area contributed by atoms with Gasteiger partial charge in [-0.25, -0.2) is 14.8 Å². The third kappa shape index (κ3) is 5.21. The van der Waals surface area contributed by atoms with Crippen molar-refractivity contribution in [3.63, 3.8) is 0 Å². The molecule has 1 saturated heterocycles. The number of aliphatic hydroxyl groups is 1. The van der Waals surface area contributed by atoms with Gasteiger partial charge in [0, 0.05) is 38.1 Å². The van der Waals surface area contributed by atoms with E-state index >= 15 is 0 Å². The molecule has 10 heteroatoms. The molecular formula is C22H24N6O3S. The van der Waals surface area contributed by atoms with E-state index in [1.165, 1.54) is 11.3 Å². The van der Waals surface area contributed by atoms with Crippen molar-refractivity contribution in [2.45, 2.75) is 13.0 Å². The lowest BCUT2D eigenvalue weighted by molar-refractivity contribution is 0.0954. The fraction of sp³-hybridized carbons (Fsp3) is 0.273. The summed E-state index contributed by atoms with van der Waals surface area (Å²) in [5.74, 6) is 0.247. The molecule has 3 heterocycles. The van der Waals surface area contributed by atoms with Crippen molar-refractivity contribution >= 4 is 34.9 Å². The van der Waals surface area contributed by atoms with Gasteiger partial charge in [-0.15, -0.1) is 11.3 Å². The first-order chi connectivity index (χ1) is 15.5. The lowest BCUT2D eigenvalue weighted by atomic mass is 10.1. The van der Waals surface area contributed by atoms with Crippen molar-refractivity contribution in [1.29, 1.82) is 0 Å². The highest BCUT2D eigenvalue weighted by atomic mass is 32.1. The molecule has 0 spiro atoms. The Bertz CT molecular complexity index is 1120. The van der Waals surface area contributed by atoms with Gasteiger partial charge in [0.2, 0.25) is 5.95 Å². The van der Waals surface area contributed by atoms with E-state index in [1.54, 1.807) is 30.2 Å². The average Bonchev–Trinajstić information content (AvgIpc) is 3.44. The number of thiophene rings is 1. The number of hydrogen-bond donors (Lipinski definition) is 4. The number of rotatable bonds is 8. The van der Waals surface area contributed by atoms with Gasteiger partial charge >= 0.3 is 6.03 Å². The Morgan fingerprint density at radius 3 is 2.97 bits per heavy atom. The average molecular weight is 453 g/mol. The van der Waals surface area contributed by atoms with Gasteiger partial charge in [-0.2, -0.15) is 0 Å². The summed E-state index contributed by atoms with van der Waals surface area (Å²) in [6.45, 7) is 3.89. The van der Waals surface area contributed by atoms with Crippen LogP contribution in [-0.2, 0) is 0 Å². The molecule has 1 atom stereocenters. The third-order valence-electron chi connectivity index (χ3n) is 4.98. The smallest absolute Gasteiger partial charge is 0.317 e. The molecule has 4 rings (SSSR count). The monoisotopic (exact) mass is 452 g/mol. The summed E-state index contributed by atoms with van der Waals surface area (Å²) in [6, 6.07) is 12.7. The van der Waals surface area contributed by atoms with E-state index in [0.29, 0.717) is 42.7 Å². The standard InChI is InChI=1S/C22H24N6O3S/c1-14(29)15-3-2-4-16(13-15)26-21-24-8-7-17(27-21)18-5-6-19(32-18)20(30)23-9-11-28-12-10-25-22(28)31/h2-8,13-14,29H,9-12H2,1H3,(H,23,30)(H,25,31)(H,24,26,27). The maximum Gasteiger partial charge on any atom is 0.317 e. The van der Waals surface area contributed by atoms with Crippen LogP contribution < -0.4 is 16.0 Å². The van der Waals surface area contributed by atoms with Crippen molar-refractivity contribution in [2.24, 2.45) is 0 Å². The Kier molecular flexibility index (Phi) is 6.62. The van der Waals surface area contributed by atoms with E-state index < -0.39 is 6.10 Å². The summed E-state index contributed by atoms with van der Waals surface area (Å²) in [6.07, 6.45) is 1.09. The van der Waals surface area contributed by atoms with Crippen LogP contribution in [0.5, 0.6) is 0 Å². The van der Waals surface area contributed by atoms with E-state index in [0.717, 1.165) is 16.1 Å². The van der Waals surface area contributed by atoms with Gasteiger partial charge in [0.05, 0.1) is 21.6 Å². The van der Waals surface area contributed by atoms with Crippen LogP contribution in [0.25, 0.3) is 10.6 Å². The Balaban J connectivity index is 1.39. The number of amides is 3. The molecule has 0 aliphatic carbocycles. The van der Waals surface area contributed by atoms with Crippen LogP contribution in [-0.4, -0.2) is 58.1 Å². The van der Waals surface area contributed by atoms with Crippen LogP contribution in [0.4, 0.5) is 16.4 Å². The summed E-state index contributed by atoms with van der Waals surface area (Å²) in [7, 11) is 0. The Labute approximate surface area is 189 Å². The molecule has 166 valence electrons. The summed E-state index contributed by atoms with van der Waals surface area (Å²) >= 11 is 1.34. The number of aromatic nitrogens is 2. The molecule has 0 bridgehead atoms. The van der Waals surface area contributed by atoms with Crippen LogP contribution in [0.15, 0.2) is 48.7 Å². The first-order valence-corrected chi connectivity index (χ1v) is 11.1. The second kappa shape index (κ2) is 9.75. The topological polar surface area (TPSA) is 119 Å².